The molecule has 4 rings (SSSR count). The highest BCUT2D eigenvalue weighted by atomic mass is 16.6. The standard InChI is InChI=1S/C23H24N2O7/c1-3-30-21(26)18-17-15-12-8-9-13-16(15)32-20(22(27)31-4-2)23(17,25(28)29)19(24-18)14-10-6-5-7-11-14/h5-13,17-20,24H,3-4H2,1-2H3/t17-,18+,19+,20-,23+/m1/s1. The van der Waals surface area contributed by atoms with Crippen LogP contribution in [0.5, 0.6) is 5.75 Å². The average Bonchev–Trinajstić information content (AvgIpc) is 3.17. The second-order valence-electron chi connectivity index (χ2n) is 7.65. The van der Waals surface area contributed by atoms with Crippen molar-refractivity contribution in [2.75, 3.05) is 13.2 Å². The van der Waals surface area contributed by atoms with E-state index in [0.717, 1.165) is 0 Å². The molecule has 2 aliphatic heterocycles. The first-order chi connectivity index (χ1) is 15.5. The summed E-state index contributed by atoms with van der Waals surface area (Å²) in [6.07, 6.45) is -1.57. The van der Waals surface area contributed by atoms with Crippen molar-refractivity contribution in [1.29, 1.82) is 0 Å². The highest BCUT2D eigenvalue weighted by Gasteiger charge is 2.76. The fourth-order valence-electron chi connectivity index (χ4n) is 4.88. The number of esters is 2. The molecule has 2 aromatic carbocycles. The molecule has 0 saturated carbocycles. The minimum absolute atomic E-state index is 0.0313. The Labute approximate surface area is 184 Å². The fraction of sp³-hybridized carbons (Fsp3) is 0.391. The molecule has 1 saturated heterocycles. The number of nitrogens with one attached hydrogen (secondary N) is 1. The lowest BCUT2D eigenvalue weighted by atomic mass is 9.68. The van der Waals surface area contributed by atoms with Crippen LogP contribution in [0.15, 0.2) is 54.6 Å². The van der Waals surface area contributed by atoms with Crippen LogP contribution in [0.25, 0.3) is 0 Å². The Morgan fingerprint density at radius 3 is 2.31 bits per heavy atom. The van der Waals surface area contributed by atoms with E-state index in [1.165, 1.54) is 0 Å². The zero-order valence-corrected chi connectivity index (χ0v) is 17.7. The molecular formula is C23H24N2O7. The van der Waals surface area contributed by atoms with E-state index in [2.05, 4.69) is 5.32 Å². The molecule has 0 spiro atoms. The molecule has 0 unspecified atom stereocenters. The number of ether oxygens (including phenoxy) is 3. The summed E-state index contributed by atoms with van der Waals surface area (Å²) < 4.78 is 16.4. The number of carbonyl (C=O) groups is 2. The number of para-hydroxylation sites is 1. The Morgan fingerprint density at radius 1 is 1.03 bits per heavy atom. The summed E-state index contributed by atoms with van der Waals surface area (Å²) in [4.78, 5) is 38.5. The highest BCUT2D eigenvalue weighted by Crippen LogP contribution is 2.56. The molecule has 0 bridgehead atoms. The third-order valence-corrected chi connectivity index (χ3v) is 6.05. The van der Waals surface area contributed by atoms with Crippen molar-refractivity contribution >= 4 is 11.9 Å². The van der Waals surface area contributed by atoms with Crippen LogP contribution < -0.4 is 10.1 Å². The van der Waals surface area contributed by atoms with Crippen molar-refractivity contribution in [3.8, 4) is 5.75 Å². The number of nitrogens with zero attached hydrogens (tertiary/aromatic N) is 1. The molecule has 9 nitrogen and oxygen atoms in total. The van der Waals surface area contributed by atoms with Gasteiger partial charge < -0.3 is 14.2 Å². The van der Waals surface area contributed by atoms with Gasteiger partial charge in [0.1, 0.15) is 17.8 Å². The van der Waals surface area contributed by atoms with Crippen molar-refractivity contribution in [2.24, 2.45) is 0 Å². The molecule has 2 heterocycles. The molecule has 0 aliphatic carbocycles. The van der Waals surface area contributed by atoms with Gasteiger partial charge in [0.2, 0.25) is 0 Å². The lowest BCUT2D eigenvalue weighted by Gasteiger charge is -2.40. The number of fused-ring (bicyclic) bond motifs is 3. The minimum Gasteiger partial charge on any atom is -0.471 e. The normalized spacial score (nSPS) is 28.1. The van der Waals surface area contributed by atoms with Gasteiger partial charge in [0.05, 0.1) is 19.1 Å². The van der Waals surface area contributed by atoms with E-state index in [1.807, 2.05) is 0 Å². The predicted octanol–water partition coefficient (Wildman–Crippen LogP) is 2.39. The van der Waals surface area contributed by atoms with E-state index in [-0.39, 0.29) is 13.2 Å². The first-order valence-corrected chi connectivity index (χ1v) is 10.5. The minimum atomic E-state index is -2.04. The van der Waals surface area contributed by atoms with Crippen molar-refractivity contribution in [2.45, 2.75) is 43.5 Å². The van der Waals surface area contributed by atoms with Gasteiger partial charge in [0.15, 0.2) is 0 Å². The Morgan fingerprint density at radius 2 is 1.66 bits per heavy atom. The predicted molar refractivity (Wildman–Crippen MR) is 113 cm³/mol. The number of nitro groups is 1. The Balaban J connectivity index is 2.00. The topological polar surface area (TPSA) is 117 Å². The van der Waals surface area contributed by atoms with E-state index in [4.69, 9.17) is 14.2 Å². The van der Waals surface area contributed by atoms with E-state index in [1.54, 1.807) is 68.4 Å². The molecule has 32 heavy (non-hydrogen) atoms. The van der Waals surface area contributed by atoms with E-state index < -0.39 is 46.5 Å². The molecule has 2 aromatic rings. The Hall–Kier alpha value is -3.46. The fourth-order valence-corrected chi connectivity index (χ4v) is 4.88. The summed E-state index contributed by atoms with van der Waals surface area (Å²) in [5.41, 5.74) is -1.02. The molecule has 0 radical (unpaired) electrons. The average molecular weight is 440 g/mol. The number of benzene rings is 2. The number of hydrogen-bond acceptors (Lipinski definition) is 8. The van der Waals surface area contributed by atoms with Gasteiger partial charge in [-0.1, -0.05) is 48.5 Å². The highest BCUT2D eigenvalue weighted by molar-refractivity contribution is 5.83. The van der Waals surface area contributed by atoms with Gasteiger partial charge in [-0.15, -0.1) is 0 Å². The summed E-state index contributed by atoms with van der Waals surface area (Å²) in [5.74, 6) is -2.20. The second kappa shape index (κ2) is 8.58. The van der Waals surface area contributed by atoms with Crippen LogP contribution in [0.4, 0.5) is 0 Å². The summed E-state index contributed by atoms with van der Waals surface area (Å²) >= 11 is 0. The van der Waals surface area contributed by atoms with Crippen LogP contribution in [0.3, 0.4) is 0 Å². The van der Waals surface area contributed by atoms with Crippen LogP contribution >= 0.6 is 0 Å². The van der Waals surface area contributed by atoms with Gasteiger partial charge in [0.25, 0.3) is 11.6 Å². The van der Waals surface area contributed by atoms with E-state index in [0.29, 0.717) is 16.9 Å². The lowest BCUT2D eigenvalue weighted by molar-refractivity contribution is -0.586. The van der Waals surface area contributed by atoms with Crippen LogP contribution in [-0.4, -0.2) is 47.8 Å². The van der Waals surface area contributed by atoms with Gasteiger partial charge in [-0.25, -0.2) is 4.79 Å². The molecule has 0 amide bonds. The molecule has 2 aliphatic rings. The molecule has 168 valence electrons. The van der Waals surface area contributed by atoms with E-state index >= 15 is 0 Å². The maximum absolute atomic E-state index is 13.0. The zero-order valence-electron chi connectivity index (χ0n) is 17.7. The maximum Gasteiger partial charge on any atom is 0.355 e. The molecule has 5 atom stereocenters. The molecule has 1 N–H and O–H groups in total. The molecule has 9 heteroatoms. The maximum atomic E-state index is 13.0. The number of carbonyl (C=O) groups excluding carboxylic acids is 2. The Bertz CT molecular complexity index is 1030. The van der Waals surface area contributed by atoms with E-state index in [9.17, 15) is 19.7 Å². The number of hydrogen-bond donors (Lipinski definition) is 1. The van der Waals surface area contributed by atoms with Crippen molar-refractivity contribution < 1.29 is 28.7 Å². The third kappa shape index (κ3) is 3.20. The van der Waals surface area contributed by atoms with Crippen LogP contribution in [-0.2, 0) is 19.1 Å². The van der Waals surface area contributed by atoms with Crippen LogP contribution in [0.1, 0.15) is 36.9 Å². The molecule has 0 aromatic heterocycles. The number of rotatable bonds is 6. The summed E-state index contributed by atoms with van der Waals surface area (Å²) in [5, 5.41) is 16.0. The molecular weight excluding hydrogens is 416 g/mol. The van der Waals surface area contributed by atoms with Crippen molar-refractivity contribution in [3.63, 3.8) is 0 Å². The largest absolute Gasteiger partial charge is 0.471 e. The third-order valence-electron chi connectivity index (χ3n) is 6.05. The second-order valence-corrected chi connectivity index (χ2v) is 7.65. The zero-order chi connectivity index (χ0) is 22.9. The van der Waals surface area contributed by atoms with Gasteiger partial charge in [0, 0.05) is 10.5 Å². The van der Waals surface area contributed by atoms with Crippen LogP contribution in [0.2, 0.25) is 0 Å². The smallest absolute Gasteiger partial charge is 0.355 e. The molecule has 1 fully saturated rings. The van der Waals surface area contributed by atoms with Gasteiger partial charge in [-0.2, -0.15) is 0 Å². The Kier molecular flexibility index (Phi) is 5.84. The van der Waals surface area contributed by atoms with Gasteiger partial charge >= 0.3 is 11.9 Å². The van der Waals surface area contributed by atoms with Crippen LogP contribution in [0, 0.1) is 10.1 Å². The lowest BCUT2D eigenvalue weighted by Crippen LogP contribution is -2.63. The van der Waals surface area contributed by atoms with Crippen molar-refractivity contribution in [3.05, 3.63) is 75.8 Å². The summed E-state index contributed by atoms with van der Waals surface area (Å²) in [6, 6.07) is 13.4. The van der Waals surface area contributed by atoms with Crippen molar-refractivity contribution in [1.82, 2.24) is 5.32 Å². The monoisotopic (exact) mass is 440 g/mol. The van der Waals surface area contributed by atoms with Gasteiger partial charge in [-0.05, 0) is 25.5 Å². The summed E-state index contributed by atoms with van der Waals surface area (Å²) in [7, 11) is 0. The first-order valence-electron chi connectivity index (χ1n) is 10.5. The summed E-state index contributed by atoms with van der Waals surface area (Å²) in [6.45, 7) is 3.43. The van der Waals surface area contributed by atoms with Gasteiger partial charge in [-0.3, -0.25) is 20.2 Å². The first kappa shape index (κ1) is 21.8. The quantitative estimate of drug-likeness (QED) is 0.413. The SMILES string of the molecule is CCOC(=O)[C@H]1N[C@@H](c2ccccc2)[C@]2([N+](=O)[O-])[C@@H](C(=O)OCC)Oc3ccccc3[C@H]12.